The number of amides is 1. The summed E-state index contributed by atoms with van der Waals surface area (Å²) in [6, 6.07) is 18.8. The van der Waals surface area contributed by atoms with Gasteiger partial charge in [0.1, 0.15) is 11.6 Å². The van der Waals surface area contributed by atoms with Crippen LogP contribution in [0.4, 0.5) is 0 Å². The Labute approximate surface area is 166 Å². The number of furan rings is 1. The van der Waals surface area contributed by atoms with Gasteiger partial charge in [0.2, 0.25) is 0 Å². The Balaban J connectivity index is 1.44. The van der Waals surface area contributed by atoms with Crippen molar-refractivity contribution in [3.05, 3.63) is 77.3 Å². The van der Waals surface area contributed by atoms with Crippen molar-refractivity contribution in [2.24, 2.45) is 0 Å². The van der Waals surface area contributed by atoms with Crippen molar-refractivity contribution < 1.29 is 9.21 Å². The molecule has 2 aromatic heterocycles. The molecule has 1 saturated heterocycles. The number of carbonyl (C=O) groups is 1. The molecule has 0 saturated carbocycles. The molecule has 5 nitrogen and oxygen atoms in total. The van der Waals surface area contributed by atoms with Crippen LogP contribution in [-0.4, -0.2) is 27.3 Å². The first-order chi connectivity index (χ1) is 13.7. The highest BCUT2D eigenvalue weighted by Gasteiger charge is 2.34. The van der Waals surface area contributed by atoms with Crippen molar-refractivity contribution in [3.8, 4) is 11.3 Å². The van der Waals surface area contributed by atoms with Crippen molar-refractivity contribution in [2.45, 2.75) is 18.9 Å². The van der Waals surface area contributed by atoms with E-state index in [2.05, 4.69) is 9.97 Å². The number of imidazole rings is 1. The molecule has 1 unspecified atom stereocenters. The normalized spacial score (nSPS) is 16.8. The molecule has 0 bridgehead atoms. The van der Waals surface area contributed by atoms with Crippen LogP contribution < -0.4 is 0 Å². The number of rotatable bonds is 3. The van der Waals surface area contributed by atoms with Gasteiger partial charge in [0, 0.05) is 12.1 Å². The second-order valence-corrected chi connectivity index (χ2v) is 7.35. The maximum Gasteiger partial charge on any atom is 0.290 e. The van der Waals surface area contributed by atoms with E-state index in [1.807, 2.05) is 47.4 Å². The quantitative estimate of drug-likeness (QED) is 0.504. The third-order valence-electron chi connectivity index (χ3n) is 5.19. The third-order valence-corrected chi connectivity index (χ3v) is 5.52. The number of para-hydroxylation sites is 2. The van der Waals surface area contributed by atoms with Gasteiger partial charge in [-0.3, -0.25) is 4.79 Å². The number of benzene rings is 2. The van der Waals surface area contributed by atoms with E-state index >= 15 is 0 Å². The van der Waals surface area contributed by atoms with Gasteiger partial charge in [-0.1, -0.05) is 35.9 Å². The van der Waals surface area contributed by atoms with E-state index in [1.54, 1.807) is 18.2 Å². The van der Waals surface area contributed by atoms with E-state index < -0.39 is 0 Å². The molecular formula is C22H18ClN3O2. The number of H-pyrrole nitrogens is 1. The van der Waals surface area contributed by atoms with Gasteiger partial charge in [-0.25, -0.2) is 4.98 Å². The molecule has 1 aliphatic heterocycles. The van der Waals surface area contributed by atoms with E-state index in [9.17, 15) is 4.79 Å². The highest BCUT2D eigenvalue weighted by Crippen LogP contribution is 2.34. The van der Waals surface area contributed by atoms with Crippen LogP contribution >= 0.6 is 11.6 Å². The number of aromatic amines is 1. The van der Waals surface area contributed by atoms with Gasteiger partial charge in [-0.05, 0) is 49.2 Å². The molecule has 4 aromatic rings. The van der Waals surface area contributed by atoms with Crippen LogP contribution in [0.25, 0.3) is 22.4 Å². The summed E-state index contributed by atoms with van der Waals surface area (Å²) in [5, 5.41) is 0.595. The number of hydrogen-bond donors (Lipinski definition) is 1. The first-order valence-electron chi connectivity index (χ1n) is 9.31. The van der Waals surface area contributed by atoms with Crippen molar-refractivity contribution >= 4 is 28.5 Å². The zero-order valence-corrected chi connectivity index (χ0v) is 15.8. The Morgan fingerprint density at radius 1 is 1.11 bits per heavy atom. The van der Waals surface area contributed by atoms with Gasteiger partial charge >= 0.3 is 0 Å². The molecule has 140 valence electrons. The summed E-state index contributed by atoms with van der Waals surface area (Å²) in [4.78, 5) is 23.0. The van der Waals surface area contributed by atoms with Gasteiger partial charge in [-0.2, -0.15) is 0 Å². The fourth-order valence-electron chi connectivity index (χ4n) is 3.82. The van der Waals surface area contributed by atoms with Gasteiger partial charge in [0.05, 0.1) is 22.1 Å². The molecular weight excluding hydrogens is 374 g/mol. The van der Waals surface area contributed by atoms with E-state index in [-0.39, 0.29) is 11.9 Å². The van der Waals surface area contributed by atoms with Gasteiger partial charge in [0.15, 0.2) is 5.76 Å². The average Bonchev–Trinajstić information content (AvgIpc) is 3.45. The molecule has 6 heteroatoms. The van der Waals surface area contributed by atoms with Crippen LogP contribution in [0.5, 0.6) is 0 Å². The van der Waals surface area contributed by atoms with Crippen LogP contribution in [0.2, 0.25) is 5.02 Å². The SMILES string of the molecule is O=C(c1ccc(-c2ccccc2Cl)o1)N1CCCC1c1nc2ccccc2[nH]1. The number of hydrogen-bond acceptors (Lipinski definition) is 3. The van der Waals surface area contributed by atoms with Crippen molar-refractivity contribution in [1.29, 1.82) is 0 Å². The van der Waals surface area contributed by atoms with E-state index in [0.717, 1.165) is 35.3 Å². The lowest BCUT2D eigenvalue weighted by atomic mass is 10.2. The molecule has 1 atom stereocenters. The van der Waals surface area contributed by atoms with E-state index in [1.165, 1.54) is 0 Å². The lowest BCUT2D eigenvalue weighted by molar-refractivity contribution is 0.0699. The Kier molecular flexibility index (Phi) is 4.17. The maximum absolute atomic E-state index is 13.1. The Hall–Kier alpha value is -3.05. The highest BCUT2D eigenvalue weighted by molar-refractivity contribution is 6.33. The standard InChI is InChI=1S/C22H18ClN3O2/c23-15-7-2-1-6-14(15)19-11-12-20(28-19)22(27)26-13-5-10-18(26)21-24-16-8-3-4-9-17(16)25-21/h1-4,6-9,11-12,18H,5,10,13H2,(H,24,25). The minimum Gasteiger partial charge on any atom is -0.451 e. The zero-order valence-electron chi connectivity index (χ0n) is 15.1. The van der Waals surface area contributed by atoms with Gasteiger partial charge < -0.3 is 14.3 Å². The summed E-state index contributed by atoms with van der Waals surface area (Å²) in [6.07, 6.45) is 1.81. The highest BCUT2D eigenvalue weighted by atomic mass is 35.5. The number of aromatic nitrogens is 2. The number of nitrogens with one attached hydrogen (secondary N) is 1. The molecule has 3 heterocycles. The molecule has 0 radical (unpaired) electrons. The smallest absolute Gasteiger partial charge is 0.290 e. The lowest BCUT2D eigenvalue weighted by Crippen LogP contribution is -2.30. The first-order valence-corrected chi connectivity index (χ1v) is 9.69. The number of nitrogens with zero attached hydrogens (tertiary/aromatic N) is 2. The summed E-state index contributed by atoms with van der Waals surface area (Å²) in [5.41, 5.74) is 2.67. The average molecular weight is 392 g/mol. The molecule has 1 aliphatic rings. The lowest BCUT2D eigenvalue weighted by Gasteiger charge is -2.22. The summed E-state index contributed by atoms with van der Waals surface area (Å²) in [6.45, 7) is 0.683. The summed E-state index contributed by atoms with van der Waals surface area (Å²) >= 11 is 6.25. The maximum atomic E-state index is 13.1. The predicted molar refractivity (Wildman–Crippen MR) is 108 cm³/mol. The minimum atomic E-state index is -0.124. The fraction of sp³-hybridized carbons (Fsp3) is 0.182. The number of likely N-dealkylation sites (tertiary alicyclic amines) is 1. The molecule has 5 rings (SSSR count). The Bertz CT molecular complexity index is 1130. The summed E-state index contributed by atoms with van der Waals surface area (Å²) in [5.74, 6) is 1.61. The third kappa shape index (κ3) is 2.88. The van der Waals surface area contributed by atoms with Crippen molar-refractivity contribution in [3.63, 3.8) is 0 Å². The topological polar surface area (TPSA) is 62.1 Å². The molecule has 1 fully saturated rings. The van der Waals surface area contributed by atoms with Gasteiger partial charge in [-0.15, -0.1) is 0 Å². The van der Waals surface area contributed by atoms with Crippen LogP contribution in [0.1, 0.15) is 35.3 Å². The number of carbonyl (C=O) groups excluding carboxylic acids is 1. The molecule has 2 aromatic carbocycles. The van der Waals surface area contributed by atoms with E-state index in [4.69, 9.17) is 16.0 Å². The summed E-state index contributed by atoms with van der Waals surface area (Å²) in [7, 11) is 0. The van der Waals surface area contributed by atoms with Crippen molar-refractivity contribution in [2.75, 3.05) is 6.54 Å². The predicted octanol–water partition coefficient (Wildman–Crippen LogP) is 5.45. The number of fused-ring (bicyclic) bond motifs is 1. The fourth-order valence-corrected chi connectivity index (χ4v) is 4.05. The zero-order chi connectivity index (χ0) is 19.1. The van der Waals surface area contributed by atoms with Crippen LogP contribution in [0.15, 0.2) is 65.1 Å². The van der Waals surface area contributed by atoms with E-state index in [0.29, 0.717) is 23.1 Å². The van der Waals surface area contributed by atoms with Crippen LogP contribution in [0.3, 0.4) is 0 Å². The van der Waals surface area contributed by atoms with Gasteiger partial charge in [0.25, 0.3) is 5.91 Å². The Morgan fingerprint density at radius 2 is 1.93 bits per heavy atom. The second kappa shape index (κ2) is 6.84. The summed E-state index contributed by atoms with van der Waals surface area (Å²) < 4.78 is 5.86. The van der Waals surface area contributed by atoms with Crippen LogP contribution in [-0.2, 0) is 0 Å². The molecule has 28 heavy (non-hydrogen) atoms. The van der Waals surface area contributed by atoms with Crippen LogP contribution in [0, 0.1) is 0 Å². The molecule has 1 N–H and O–H groups in total. The first kappa shape index (κ1) is 17.1. The molecule has 0 spiro atoms. The largest absolute Gasteiger partial charge is 0.451 e. The number of halogens is 1. The Morgan fingerprint density at radius 3 is 2.79 bits per heavy atom. The molecule has 0 aliphatic carbocycles. The minimum absolute atomic E-state index is 0.0752. The monoisotopic (exact) mass is 391 g/mol. The molecule has 1 amide bonds. The van der Waals surface area contributed by atoms with Crippen molar-refractivity contribution in [1.82, 2.24) is 14.9 Å². The second-order valence-electron chi connectivity index (χ2n) is 6.94.